The van der Waals surface area contributed by atoms with Crippen LogP contribution in [0.1, 0.15) is 17.3 Å². The molecule has 7 nitrogen and oxygen atoms in total. The van der Waals surface area contributed by atoms with Crippen LogP contribution in [0.5, 0.6) is 0 Å². The first-order valence-electron chi connectivity index (χ1n) is 5.97. The monoisotopic (exact) mass is 300 g/mol. The summed E-state index contributed by atoms with van der Waals surface area (Å²) >= 11 is 6.07. The predicted molar refractivity (Wildman–Crippen MR) is 72.7 cm³/mol. The Labute approximate surface area is 119 Å². The Bertz CT molecular complexity index is 563. The lowest BCUT2D eigenvalue weighted by Gasteiger charge is -2.36. The van der Waals surface area contributed by atoms with Crippen LogP contribution in [0.3, 0.4) is 0 Å². The molecule has 20 heavy (non-hydrogen) atoms. The summed E-state index contributed by atoms with van der Waals surface area (Å²) in [6.45, 7) is 3.27. The standard InChI is InChI=1S/C12H13ClN2O5/c1-7-6-20-3-2-14(7)11-9(12(16)17)4-8(15(18)19)5-10(11)13/h4-5,7H,2-3,6H2,1H3,(H,16,17). The molecule has 2 rings (SSSR count). The summed E-state index contributed by atoms with van der Waals surface area (Å²) in [4.78, 5) is 23.3. The summed E-state index contributed by atoms with van der Waals surface area (Å²) in [5.74, 6) is -1.25. The molecule has 1 atom stereocenters. The van der Waals surface area contributed by atoms with Crippen molar-refractivity contribution in [2.45, 2.75) is 13.0 Å². The summed E-state index contributed by atoms with van der Waals surface area (Å²) in [7, 11) is 0. The van der Waals surface area contributed by atoms with Crippen molar-refractivity contribution in [3.05, 3.63) is 32.8 Å². The summed E-state index contributed by atoms with van der Waals surface area (Å²) in [6, 6.07) is 2.15. The molecule has 0 spiro atoms. The molecule has 0 bridgehead atoms. The van der Waals surface area contributed by atoms with Crippen molar-refractivity contribution in [1.29, 1.82) is 0 Å². The Morgan fingerprint density at radius 1 is 1.60 bits per heavy atom. The van der Waals surface area contributed by atoms with Crippen molar-refractivity contribution in [1.82, 2.24) is 0 Å². The maximum Gasteiger partial charge on any atom is 0.338 e. The molecule has 1 aromatic rings. The second-order valence-corrected chi connectivity index (χ2v) is 4.91. The zero-order valence-electron chi connectivity index (χ0n) is 10.7. The average Bonchev–Trinajstić information content (AvgIpc) is 2.38. The maximum absolute atomic E-state index is 11.4. The minimum atomic E-state index is -1.25. The zero-order chi connectivity index (χ0) is 14.9. The predicted octanol–water partition coefficient (Wildman–Crippen LogP) is 2.17. The number of halogens is 1. The van der Waals surface area contributed by atoms with Crippen LogP contribution in [0.2, 0.25) is 5.02 Å². The molecule has 1 fully saturated rings. The van der Waals surface area contributed by atoms with E-state index in [2.05, 4.69) is 0 Å². The van der Waals surface area contributed by atoms with Gasteiger partial charge >= 0.3 is 5.97 Å². The van der Waals surface area contributed by atoms with Crippen LogP contribution >= 0.6 is 11.6 Å². The number of hydrogen-bond acceptors (Lipinski definition) is 5. The number of rotatable bonds is 3. The Hall–Kier alpha value is -1.86. The van der Waals surface area contributed by atoms with E-state index >= 15 is 0 Å². The summed E-state index contributed by atoms with van der Waals surface area (Å²) in [5, 5.41) is 20.1. The van der Waals surface area contributed by atoms with Gasteiger partial charge in [0.25, 0.3) is 5.69 Å². The van der Waals surface area contributed by atoms with Crippen LogP contribution in [0.4, 0.5) is 11.4 Å². The third-order valence-electron chi connectivity index (χ3n) is 3.14. The van der Waals surface area contributed by atoms with Gasteiger partial charge in [0.15, 0.2) is 0 Å². The first-order chi connectivity index (χ1) is 9.41. The van der Waals surface area contributed by atoms with Crippen LogP contribution in [-0.2, 0) is 4.74 Å². The lowest BCUT2D eigenvalue weighted by Crippen LogP contribution is -2.44. The second kappa shape index (κ2) is 5.64. The Morgan fingerprint density at radius 3 is 2.85 bits per heavy atom. The highest BCUT2D eigenvalue weighted by atomic mass is 35.5. The smallest absolute Gasteiger partial charge is 0.338 e. The number of nitro groups is 1. The van der Waals surface area contributed by atoms with E-state index in [0.717, 1.165) is 6.07 Å². The third-order valence-corrected chi connectivity index (χ3v) is 3.43. The van der Waals surface area contributed by atoms with E-state index in [1.54, 1.807) is 4.90 Å². The van der Waals surface area contributed by atoms with Gasteiger partial charge in [0, 0.05) is 24.7 Å². The largest absolute Gasteiger partial charge is 0.478 e. The number of morpholine rings is 1. The molecule has 0 amide bonds. The van der Waals surface area contributed by atoms with Gasteiger partial charge in [0.1, 0.15) is 0 Å². The molecule has 1 saturated heterocycles. The number of ether oxygens (including phenoxy) is 1. The number of hydrogen-bond donors (Lipinski definition) is 1. The third kappa shape index (κ3) is 2.68. The van der Waals surface area contributed by atoms with Gasteiger partial charge < -0.3 is 14.7 Å². The Kier molecular flexibility index (Phi) is 4.10. The molecule has 0 aliphatic carbocycles. The molecule has 0 radical (unpaired) electrons. The molecular weight excluding hydrogens is 288 g/mol. The van der Waals surface area contributed by atoms with Gasteiger partial charge in [-0.05, 0) is 6.92 Å². The molecule has 1 N–H and O–H groups in total. The summed E-state index contributed by atoms with van der Waals surface area (Å²) in [5.41, 5.74) is -0.199. The lowest BCUT2D eigenvalue weighted by molar-refractivity contribution is -0.384. The zero-order valence-corrected chi connectivity index (χ0v) is 11.5. The molecule has 0 aromatic heterocycles. The van der Waals surface area contributed by atoms with Gasteiger partial charge in [-0.15, -0.1) is 0 Å². The van der Waals surface area contributed by atoms with Crippen molar-refractivity contribution < 1.29 is 19.6 Å². The Balaban J connectivity index is 2.56. The highest BCUT2D eigenvalue weighted by Crippen LogP contribution is 2.36. The molecule has 1 heterocycles. The molecule has 108 valence electrons. The van der Waals surface area contributed by atoms with Crippen LogP contribution in [-0.4, -0.2) is 41.8 Å². The van der Waals surface area contributed by atoms with Crippen molar-refractivity contribution >= 4 is 28.9 Å². The quantitative estimate of drug-likeness (QED) is 0.679. The van der Waals surface area contributed by atoms with Gasteiger partial charge in [0.2, 0.25) is 0 Å². The molecule has 8 heteroatoms. The first-order valence-corrected chi connectivity index (χ1v) is 6.35. The van der Waals surface area contributed by atoms with Crippen LogP contribution in [0, 0.1) is 10.1 Å². The first kappa shape index (κ1) is 14.5. The number of carbonyl (C=O) groups is 1. The average molecular weight is 301 g/mol. The van der Waals surface area contributed by atoms with Gasteiger partial charge in [-0.2, -0.15) is 0 Å². The van der Waals surface area contributed by atoms with Crippen LogP contribution < -0.4 is 4.90 Å². The fourth-order valence-electron chi connectivity index (χ4n) is 2.20. The normalized spacial score (nSPS) is 18.9. The van der Waals surface area contributed by atoms with Gasteiger partial charge in [-0.3, -0.25) is 10.1 Å². The molecule has 0 saturated carbocycles. The van der Waals surface area contributed by atoms with E-state index in [1.165, 1.54) is 6.07 Å². The minimum Gasteiger partial charge on any atom is -0.478 e. The topological polar surface area (TPSA) is 92.9 Å². The van der Waals surface area contributed by atoms with Gasteiger partial charge in [-0.1, -0.05) is 11.6 Å². The van der Waals surface area contributed by atoms with Crippen LogP contribution in [0.25, 0.3) is 0 Å². The number of anilines is 1. The van der Waals surface area contributed by atoms with Crippen molar-refractivity contribution in [3.8, 4) is 0 Å². The number of non-ortho nitro benzene ring substituents is 1. The van der Waals surface area contributed by atoms with Crippen molar-refractivity contribution in [2.24, 2.45) is 0 Å². The highest BCUT2D eigenvalue weighted by molar-refractivity contribution is 6.34. The van der Waals surface area contributed by atoms with E-state index in [-0.39, 0.29) is 22.3 Å². The summed E-state index contributed by atoms with van der Waals surface area (Å²) < 4.78 is 5.30. The molecule has 1 aromatic carbocycles. The molecule has 1 aliphatic heterocycles. The minimum absolute atomic E-state index is 0.0548. The van der Waals surface area contributed by atoms with Crippen molar-refractivity contribution in [2.75, 3.05) is 24.7 Å². The van der Waals surface area contributed by atoms with E-state index < -0.39 is 10.9 Å². The number of aromatic carboxylic acids is 1. The maximum atomic E-state index is 11.4. The fourth-order valence-corrected chi connectivity index (χ4v) is 2.53. The molecule has 1 unspecified atom stereocenters. The number of nitrogens with zero attached hydrogens (tertiary/aromatic N) is 2. The lowest BCUT2D eigenvalue weighted by atomic mass is 10.1. The number of carboxylic acid groups (broad SMARTS) is 1. The SMILES string of the molecule is CC1COCCN1c1c(Cl)cc([N+](=O)[O-])cc1C(=O)O. The van der Waals surface area contributed by atoms with Gasteiger partial charge in [-0.25, -0.2) is 4.79 Å². The van der Waals surface area contributed by atoms with E-state index in [0.29, 0.717) is 25.4 Å². The highest BCUT2D eigenvalue weighted by Gasteiger charge is 2.28. The number of nitro benzene ring substituents is 1. The van der Waals surface area contributed by atoms with Crippen LogP contribution in [0.15, 0.2) is 12.1 Å². The fraction of sp³-hybridized carbons (Fsp3) is 0.417. The van der Waals surface area contributed by atoms with E-state index in [4.69, 9.17) is 16.3 Å². The molecular formula is C12H13ClN2O5. The van der Waals surface area contributed by atoms with Gasteiger partial charge in [0.05, 0.1) is 34.4 Å². The van der Waals surface area contributed by atoms with E-state index in [9.17, 15) is 20.0 Å². The number of carboxylic acids is 1. The van der Waals surface area contributed by atoms with Crippen molar-refractivity contribution in [3.63, 3.8) is 0 Å². The van der Waals surface area contributed by atoms with E-state index in [1.807, 2.05) is 6.92 Å². The molecule has 1 aliphatic rings. The number of benzene rings is 1. The second-order valence-electron chi connectivity index (χ2n) is 4.50. The Morgan fingerprint density at radius 2 is 2.30 bits per heavy atom. The summed E-state index contributed by atoms with van der Waals surface area (Å²) in [6.07, 6.45) is 0.